The second kappa shape index (κ2) is 12.2. The van der Waals surface area contributed by atoms with Gasteiger partial charge in [-0.1, -0.05) is 0 Å². The van der Waals surface area contributed by atoms with E-state index in [-0.39, 0.29) is 42.2 Å². The summed E-state index contributed by atoms with van der Waals surface area (Å²) < 4.78 is 59.3. The summed E-state index contributed by atoms with van der Waals surface area (Å²) in [7, 11) is 0. The maximum absolute atomic E-state index is 13.6. The zero-order valence-corrected chi connectivity index (χ0v) is 23.7. The number of piperazine rings is 1. The standard InChI is InChI=1S/C30H31F4N5O4/c1-18-15-37(16-19(2)38(18)28-12-3-20-13-21(31)4-10-26(20)36-28)29(40)17-43-24-8-5-22(6-9-24)35-23-7-11-27(39(41)42)25(14-23)30(32,33)34/h3-4,7,10-14,18-19,24H,5-6,8-9,15-17H2,1-2H3/t18-,19+,24?. The molecular formula is C30H31F4N5O4. The fourth-order valence-electron chi connectivity index (χ4n) is 5.85. The summed E-state index contributed by atoms with van der Waals surface area (Å²) >= 11 is 0. The van der Waals surface area contributed by atoms with Crippen LogP contribution in [0.5, 0.6) is 0 Å². The van der Waals surface area contributed by atoms with E-state index in [1.165, 1.54) is 18.2 Å². The first-order valence-corrected chi connectivity index (χ1v) is 14.0. The Morgan fingerprint density at radius 2 is 1.77 bits per heavy atom. The molecule has 1 saturated carbocycles. The van der Waals surface area contributed by atoms with Crippen LogP contribution < -0.4 is 4.90 Å². The van der Waals surface area contributed by atoms with E-state index >= 15 is 0 Å². The molecule has 1 aromatic heterocycles. The SMILES string of the molecule is C[C@@H]1CN(C(=O)COC2CCC(=Nc3ccc([N+](=O)[O-])c(C(F)(F)F)c3)CC2)C[C@H](C)N1c1ccc2cc(F)ccc2n1. The number of pyridine rings is 1. The molecule has 0 spiro atoms. The van der Waals surface area contributed by atoms with Crippen LogP contribution in [0.3, 0.4) is 0 Å². The van der Waals surface area contributed by atoms with Gasteiger partial charge in [0.15, 0.2) is 0 Å². The maximum Gasteiger partial charge on any atom is 0.423 e. The van der Waals surface area contributed by atoms with E-state index in [1.807, 2.05) is 26.0 Å². The molecule has 0 N–H and O–H groups in total. The number of carbonyl (C=O) groups is 1. The number of carbonyl (C=O) groups excluding carboxylic acids is 1. The Morgan fingerprint density at radius 3 is 2.42 bits per heavy atom. The van der Waals surface area contributed by atoms with Gasteiger partial charge >= 0.3 is 6.18 Å². The van der Waals surface area contributed by atoms with E-state index < -0.39 is 22.4 Å². The van der Waals surface area contributed by atoms with Gasteiger partial charge in [0.05, 0.1) is 22.2 Å². The average Bonchev–Trinajstić information content (AvgIpc) is 2.95. The van der Waals surface area contributed by atoms with Crippen LogP contribution >= 0.6 is 0 Å². The van der Waals surface area contributed by atoms with Crippen LogP contribution in [-0.2, 0) is 15.7 Å². The van der Waals surface area contributed by atoms with Crippen molar-refractivity contribution in [3.8, 4) is 0 Å². The molecule has 2 atom stereocenters. The Hall–Kier alpha value is -4.13. The van der Waals surface area contributed by atoms with E-state index in [1.54, 1.807) is 11.0 Å². The molecule has 43 heavy (non-hydrogen) atoms. The van der Waals surface area contributed by atoms with Crippen LogP contribution in [0.2, 0.25) is 0 Å². The van der Waals surface area contributed by atoms with Crippen LogP contribution in [0, 0.1) is 15.9 Å². The molecule has 3 aromatic rings. The van der Waals surface area contributed by atoms with Gasteiger partial charge < -0.3 is 14.5 Å². The molecule has 0 radical (unpaired) electrons. The van der Waals surface area contributed by atoms with Gasteiger partial charge in [-0.2, -0.15) is 13.2 Å². The van der Waals surface area contributed by atoms with Crippen molar-refractivity contribution in [2.75, 3.05) is 24.6 Å². The highest BCUT2D eigenvalue weighted by atomic mass is 19.4. The predicted molar refractivity (Wildman–Crippen MR) is 153 cm³/mol. The number of nitro benzene ring substituents is 1. The summed E-state index contributed by atoms with van der Waals surface area (Å²) in [5.74, 6) is 0.334. The van der Waals surface area contributed by atoms with Crippen molar-refractivity contribution in [2.45, 2.75) is 63.9 Å². The number of anilines is 1. The fraction of sp³-hybridized carbons (Fsp3) is 0.433. The summed E-state index contributed by atoms with van der Waals surface area (Å²) in [6.07, 6.45) is -2.97. The lowest BCUT2D eigenvalue weighted by Gasteiger charge is -2.45. The Labute approximate surface area is 245 Å². The minimum absolute atomic E-state index is 0.0103. The van der Waals surface area contributed by atoms with E-state index in [9.17, 15) is 32.5 Å². The highest BCUT2D eigenvalue weighted by molar-refractivity contribution is 5.88. The van der Waals surface area contributed by atoms with E-state index in [0.29, 0.717) is 56.1 Å². The number of rotatable bonds is 6. The molecule has 0 unspecified atom stereocenters. The molecule has 2 fully saturated rings. The van der Waals surface area contributed by atoms with E-state index in [0.717, 1.165) is 17.3 Å². The molecule has 2 aliphatic rings. The number of amides is 1. The largest absolute Gasteiger partial charge is 0.423 e. The normalized spacial score (nSPS) is 21.3. The maximum atomic E-state index is 13.6. The molecule has 1 saturated heterocycles. The monoisotopic (exact) mass is 601 g/mol. The number of aliphatic imine (C=N–C) groups is 1. The quantitative estimate of drug-likeness (QED) is 0.183. The smallest absolute Gasteiger partial charge is 0.368 e. The van der Waals surface area contributed by atoms with Crippen molar-refractivity contribution in [1.29, 1.82) is 0 Å². The summed E-state index contributed by atoms with van der Waals surface area (Å²) in [4.78, 5) is 35.9. The van der Waals surface area contributed by atoms with Crippen LogP contribution in [0.25, 0.3) is 10.9 Å². The second-order valence-corrected chi connectivity index (χ2v) is 11.1. The molecule has 0 bridgehead atoms. The van der Waals surface area contributed by atoms with Crippen molar-refractivity contribution < 1.29 is 32.0 Å². The average molecular weight is 602 g/mol. The van der Waals surface area contributed by atoms with Crippen LogP contribution in [-0.4, -0.2) is 64.3 Å². The third-order valence-electron chi connectivity index (χ3n) is 7.89. The third-order valence-corrected chi connectivity index (χ3v) is 7.89. The number of aromatic nitrogens is 1. The first-order valence-electron chi connectivity index (χ1n) is 14.0. The minimum atomic E-state index is -4.87. The van der Waals surface area contributed by atoms with E-state index in [4.69, 9.17) is 9.72 Å². The highest BCUT2D eigenvalue weighted by Gasteiger charge is 2.38. The summed E-state index contributed by atoms with van der Waals surface area (Å²) in [5, 5.41) is 11.7. The minimum Gasteiger partial charge on any atom is -0.368 e. The molecule has 1 aliphatic heterocycles. The Morgan fingerprint density at radius 1 is 1.07 bits per heavy atom. The van der Waals surface area contributed by atoms with Crippen LogP contribution in [0.15, 0.2) is 53.5 Å². The molecular weight excluding hydrogens is 570 g/mol. The molecule has 2 heterocycles. The number of halogens is 4. The van der Waals surface area contributed by atoms with Gasteiger partial charge in [-0.05, 0) is 82.0 Å². The zero-order valence-electron chi connectivity index (χ0n) is 23.7. The fourth-order valence-corrected chi connectivity index (χ4v) is 5.85. The first kappa shape index (κ1) is 30.3. The van der Waals surface area contributed by atoms with Crippen LogP contribution in [0.4, 0.5) is 34.8 Å². The number of fused-ring (bicyclic) bond motifs is 1. The van der Waals surface area contributed by atoms with Crippen molar-refractivity contribution in [3.05, 3.63) is 70.0 Å². The van der Waals surface area contributed by atoms with Crippen molar-refractivity contribution in [3.63, 3.8) is 0 Å². The Kier molecular flexibility index (Phi) is 8.63. The van der Waals surface area contributed by atoms with Gasteiger partial charge in [0, 0.05) is 42.3 Å². The summed E-state index contributed by atoms with van der Waals surface area (Å²) in [6.45, 7) is 4.96. The van der Waals surface area contributed by atoms with Gasteiger partial charge in [-0.25, -0.2) is 9.37 Å². The molecule has 2 aromatic carbocycles. The molecule has 13 heteroatoms. The molecule has 5 rings (SSSR count). The van der Waals surface area contributed by atoms with Gasteiger partial charge in [0.2, 0.25) is 5.91 Å². The molecule has 1 amide bonds. The Bertz CT molecular complexity index is 1540. The predicted octanol–water partition coefficient (Wildman–Crippen LogP) is 6.46. The van der Waals surface area contributed by atoms with Gasteiger partial charge in [-0.3, -0.25) is 19.9 Å². The topological polar surface area (TPSA) is 101 Å². The lowest BCUT2D eigenvalue weighted by Crippen LogP contribution is -2.59. The van der Waals surface area contributed by atoms with Crippen molar-refractivity contribution >= 4 is 39.7 Å². The third kappa shape index (κ3) is 6.93. The van der Waals surface area contributed by atoms with Gasteiger partial charge in [-0.15, -0.1) is 0 Å². The number of ether oxygens (including phenoxy) is 1. The van der Waals surface area contributed by atoms with Crippen molar-refractivity contribution in [1.82, 2.24) is 9.88 Å². The number of nitrogens with zero attached hydrogens (tertiary/aromatic N) is 5. The summed E-state index contributed by atoms with van der Waals surface area (Å²) in [6, 6.07) is 10.9. The number of nitro groups is 1. The molecule has 1 aliphatic carbocycles. The molecule has 228 valence electrons. The number of hydrogen-bond donors (Lipinski definition) is 0. The zero-order chi connectivity index (χ0) is 30.9. The van der Waals surface area contributed by atoms with Gasteiger partial charge in [0.25, 0.3) is 5.69 Å². The number of hydrogen-bond acceptors (Lipinski definition) is 7. The van der Waals surface area contributed by atoms with Crippen LogP contribution in [0.1, 0.15) is 45.1 Å². The highest BCUT2D eigenvalue weighted by Crippen LogP contribution is 2.38. The Balaban J connectivity index is 1.13. The first-order chi connectivity index (χ1) is 20.4. The second-order valence-electron chi connectivity index (χ2n) is 11.1. The number of alkyl halides is 3. The van der Waals surface area contributed by atoms with Gasteiger partial charge in [0.1, 0.15) is 23.8 Å². The lowest BCUT2D eigenvalue weighted by atomic mass is 9.95. The van der Waals surface area contributed by atoms with E-state index in [2.05, 4.69) is 9.89 Å². The lowest BCUT2D eigenvalue weighted by molar-refractivity contribution is -0.388. The summed E-state index contributed by atoms with van der Waals surface area (Å²) in [5.41, 5.74) is -0.946. The molecule has 9 nitrogen and oxygen atoms in total. The number of benzene rings is 2. The van der Waals surface area contributed by atoms with Crippen molar-refractivity contribution in [2.24, 2.45) is 4.99 Å².